The highest BCUT2D eigenvalue weighted by Crippen LogP contribution is 2.41. The molecule has 0 radical (unpaired) electrons. The predicted molar refractivity (Wildman–Crippen MR) is 117 cm³/mol. The fraction of sp³-hybridized carbons (Fsp3) is 0.318. The van der Waals surface area contributed by atoms with Gasteiger partial charge in [0.2, 0.25) is 0 Å². The Labute approximate surface area is 178 Å². The van der Waals surface area contributed by atoms with Gasteiger partial charge in [-0.3, -0.25) is 9.69 Å². The number of carbonyl (C=O) groups is 1. The molecule has 0 bridgehead atoms. The molecule has 150 valence electrons. The molecule has 0 saturated heterocycles. The predicted octanol–water partition coefficient (Wildman–Crippen LogP) is 5.28. The lowest BCUT2D eigenvalue weighted by Crippen LogP contribution is -2.39. The number of carbonyl (C=O) groups excluding carboxylic acids is 1. The van der Waals surface area contributed by atoms with E-state index in [0.29, 0.717) is 16.8 Å². The Kier molecular flexibility index (Phi) is 4.65. The number of nitrogens with zero attached hydrogens (tertiary/aromatic N) is 1. The number of hydrogen-bond acceptors (Lipinski definition) is 5. The molecule has 0 aliphatic carbocycles. The first kappa shape index (κ1) is 18.7. The molecule has 1 aromatic carbocycles. The molecule has 1 amide bonds. The molecule has 2 aliphatic heterocycles. The third-order valence-electron chi connectivity index (χ3n) is 5.62. The first-order valence-corrected chi connectivity index (χ1v) is 11.0. The lowest BCUT2D eigenvalue weighted by molar-refractivity contribution is 0.0930. The van der Waals surface area contributed by atoms with E-state index in [9.17, 15) is 4.79 Å². The highest BCUT2D eigenvalue weighted by Gasteiger charge is 2.34. The summed E-state index contributed by atoms with van der Waals surface area (Å²) in [6, 6.07) is 11.8. The second-order valence-corrected chi connectivity index (χ2v) is 9.33. The number of hydrogen-bond donors (Lipinski definition) is 2. The smallest absolute Gasteiger partial charge is 0.256 e. The van der Waals surface area contributed by atoms with Crippen LogP contribution >= 0.6 is 22.9 Å². The van der Waals surface area contributed by atoms with E-state index in [0.717, 1.165) is 41.4 Å². The van der Waals surface area contributed by atoms with Crippen molar-refractivity contribution in [2.45, 2.75) is 39.0 Å². The molecule has 1 unspecified atom stereocenters. The number of thiophene rings is 1. The maximum atomic E-state index is 12.9. The van der Waals surface area contributed by atoms with Gasteiger partial charge in [0.15, 0.2) is 6.17 Å². The first-order valence-electron chi connectivity index (χ1n) is 9.81. The van der Waals surface area contributed by atoms with E-state index < -0.39 is 0 Å². The van der Waals surface area contributed by atoms with E-state index in [1.54, 1.807) is 11.3 Å². The van der Waals surface area contributed by atoms with E-state index >= 15 is 0 Å². The number of rotatable bonds is 3. The van der Waals surface area contributed by atoms with E-state index in [-0.39, 0.29) is 12.1 Å². The molecule has 2 N–H and O–H groups in total. The maximum Gasteiger partial charge on any atom is 0.256 e. The summed E-state index contributed by atoms with van der Waals surface area (Å²) >= 11 is 7.79. The van der Waals surface area contributed by atoms with E-state index in [1.807, 2.05) is 36.4 Å². The largest absolute Gasteiger partial charge is 0.457 e. The van der Waals surface area contributed by atoms with E-state index in [4.69, 9.17) is 16.0 Å². The minimum atomic E-state index is -0.385. The minimum Gasteiger partial charge on any atom is -0.457 e. The average Bonchev–Trinajstić information content (AvgIpc) is 3.32. The zero-order valence-electron chi connectivity index (χ0n) is 16.3. The third-order valence-corrected chi connectivity index (χ3v) is 7.00. The molecular weight excluding hydrogens is 406 g/mol. The van der Waals surface area contributed by atoms with Crippen molar-refractivity contribution >= 4 is 33.8 Å². The van der Waals surface area contributed by atoms with Crippen LogP contribution in [-0.4, -0.2) is 23.4 Å². The third kappa shape index (κ3) is 3.35. The molecule has 0 fully saturated rings. The van der Waals surface area contributed by atoms with Crippen LogP contribution in [0.15, 0.2) is 40.8 Å². The number of nitrogens with one attached hydrogen (secondary N) is 2. The number of halogens is 1. The summed E-state index contributed by atoms with van der Waals surface area (Å²) < 4.78 is 6.04. The van der Waals surface area contributed by atoms with Crippen LogP contribution in [0.1, 0.15) is 46.6 Å². The topological polar surface area (TPSA) is 57.5 Å². The Hall–Kier alpha value is -2.28. The number of furan rings is 1. The monoisotopic (exact) mass is 427 g/mol. The zero-order valence-corrected chi connectivity index (χ0v) is 17.9. The van der Waals surface area contributed by atoms with Gasteiger partial charge < -0.3 is 15.1 Å². The van der Waals surface area contributed by atoms with Crippen LogP contribution in [0.25, 0.3) is 11.3 Å². The Bertz CT molecular complexity index is 1090. The second-order valence-electron chi connectivity index (χ2n) is 7.79. The number of fused-ring (bicyclic) bond motifs is 3. The Morgan fingerprint density at radius 3 is 2.90 bits per heavy atom. The van der Waals surface area contributed by atoms with Crippen LogP contribution in [0.5, 0.6) is 0 Å². The fourth-order valence-electron chi connectivity index (χ4n) is 4.02. The molecular formula is C22H22ClN3O2S. The number of benzene rings is 1. The Morgan fingerprint density at radius 2 is 2.10 bits per heavy atom. The summed E-state index contributed by atoms with van der Waals surface area (Å²) in [6.07, 6.45) is 0.530. The highest BCUT2D eigenvalue weighted by atomic mass is 35.5. The number of amides is 1. The van der Waals surface area contributed by atoms with Crippen molar-refractivity contribution in [2.24, 2.45) is 0 Å². The maximum absolute atomic E-state index is 12.9. The molecule has 29 heavy (non-hydrogen) atoms. The summed E-state index contributed by atoms with van der Waals surface area (Å²) in [6.45, 7) is 6.33. The highest BCUT2D eigenvalue weighted by molar-refractivity contribution is 7.16. The van der Waals surface area contributed by atoms with Gasteiger partial charge in [-0.15, -0.1) is 11.3 Å². The SMILES string of the molecule is CC(C)N1CCc2c(sc3c2C(=O)NC(c2ccc(-c4cccc(Cl)c4)o2)N3)C1. The van der Waals surface area contributed by atoms with Gasteiger partial charge in [0.05, 0.1) is 5.56 Å². The van der Waals surface area contributed by atoms with Crippen LogP contribution in [0.4, 0.5) is 5.00 Å². The van der Waals surface area contributed by atoms with Crippen molar-refractivity contribution in [3.8, 4) is 11.3 Å². The quantitative estimate of drug-likeness (QED) is 0.596. The first-order chi connectivity index (χ1) is 14.0. The van der Waals surface area contributed by atoms with Gasteiger partial charge in [0, 0.05) is 34.6 Å². The molecule has 0 spiro atoms. The van der Waals surface area contributed by atoms with Crippen molar-refractivity contribution in [1.29, 1.82) is 0 Å². The molecule has 5 rings (SSSR count). The lowest BCUT2D eigenvalue weighted by atomic mass is 10.0. The summed E-state index contributed by atoms with van der Waals surface area (Å²) in [5.41, 5.74) is 2.92. The molecule has 4 heterocycles. The molecule has 0 saturated carbocycles. The van der Waals surface area contributed by atoms with Crippen molar-refractivity contribution in [2.75, 3.05) is 11.9 Å². The number of anilines is 1. The van der Waals surface area contributed by atoms with Crippen LogP contribution in [0, 0.1) is 0 Å². The molecule has 7 heteroatoms. The molecule has 2 aromatic heterocycles. The average molecular weight is 428 g/mol. The molecule has 5 nitrogen and oxygen atoms in total. The molecule has 2 aliphatic rings. The second kappa shape index (κ2) is 7.20. The van der Waals surface area contributed by atoms with Crippen LogP contribution in [0.2, 0.25) is 5.02 Å². The lowest BCUT2D eigenvalue weighted by Gasteiger charge is -2.30. The van der Waals surface area contributed by atoms with Crippen LogP contribution < -0.4 is 10.6 Å². The van der Waals surface area contributed by atoms with Crippen molar-refractivity contribution in [3.63, 3.8) is 0 Å². The van der Waals surface area contributed by atoms with Crippen LogP contribution in [0.3, 0.4) is 0 Å². The van der Waals surface area contributed by atoms with E-state index in [2.05, 4.69) is 29.4 Å². The summed E-state index contributed by atoms with van der Waals surface area (Å²) in [7, 11) is 0. The van der Waals surface area contributed by atoms with E-state index in [1.165, 1.54) is 10.4 Å². The van der Waals surface area contributed by atoms with Crippen molar-refractivity contribution in [3.05, 3.63) is 63.2 Å². The normalized spacial score (nSPS) is 18.9. The standard InChI is InChI=1S/C22H22ClN3O2S/c1-12(2)26-9-8-15-18(11-26)29-22-19(15)21(27)24-20(25-22)17-7-6-16(28-17)13-4-3-5-14(23)10-13/h3-7,10,12,20,25H,8-9,11H2,1-2H3,(H,24,27). The molecule has 3 aromatic rings. The van der Waals surface area contributed by atoms with Gasteiger partial charge in [0.1, 0.15) is 16.5 Å². The van der Waals surface area contributed by atoms with Gasteiger partial charge in [-0.25, -0.2) is 0 Å². The fourth-order valence-corrected chi connectivity index (χ4v) is 5.51. The van der Waals surface area contributed by atoms with Crippen molar-refractivity contribution in [1.82, 2.24) is 10.2 Å². The Morgan fingerprint density at radius 1 is 1.24 bits per heavy atom. The van der Waals surface area contributed by atoms with Gasteiger partial charge in [-0.05, 0) is 50.1 Å². The van der Waals surface area contributed by atoms with Gasteiger partial charge >= 0.3 is 0 Å². The van der Waals surface area contributed by atoms with Crippen LogP contribution in [-0.2, 0) is 13.0 Å². The van der Waals surface area contributed by atoms with Gasteiger partial charge in [-0.2, -0.15) is 0 Å². The van der Waals surface area contributed by atoms with Gasteiger partial charge in [-0.1, -0.05) is 23.7 Å². The summed E-state index contributed by atoms with van der Waals surface area (Å²) in [4.78, 5) is 16.7. The summed E-state index contributed by atoms with van der Waals surface area (Å²) in [5, 5.41) is 8.13. The zero-order chi connectivity index (χ0) is 20.1. The summed E-state index contributed by atoms with van der Waals surface area (Å²) in [5.74, 6) is 1.37. The minimum absolute atomic E-state index is 0.0278. The Balaban J connectivity index is 1.42. The molecule has 1 atom stereocenters. The van der Waals surface area contributed by atoms with Gasteiger partial charge in [0.25, 0.3) is 5.91 Å². The van der Waals surface area contributed by atoms with Crippen molar-refractivity contribution < 1.29 is 9.21 Å².